The molecule has 0 spiro atoms. The zero-order valence-corrected chi connectivity index (χ0v) is 14.0. The summed E-state index contributed by atoms with van der Waals surface area (Å²) in [5.41, 5.74) is 1.29. The molecule has 1 fully saturated rings. The number of fused-ring (bicyclic) bond motifs is 1. The van der Waals surface area contributed by atoms with E-state index < -0.39 is 0 Å². The van der Waals surface area contributed by atoms with Gasteiger partial charge >= 0.3 is 5.97 Å². The van der Waals surface area contributed by atoms with Crippen LogP contribution >= 0.6 is 0 Å². The summed E-state index contributed by atoms with van der Waals surface area (Å²) in [5, 5.41) is 4.89. The normalized spacial score (nSPS) is 17.1. The molecule has 5 nitrogen and oxygen atoms in total. The second-order valence-electron chi connectivity index (χ2n) is 6.32. The lowest BCUT2D eigenvalue weighted by atomic mass is 10.1. The van der Waals surface area contributed by atoms with Crippen LogP contribution in [0.3, 0.4) is 0 Å². The number of ether oxygens (including phenoxy) is 1. The van der Waals surface area contributed by atoms with E-state index >= 15 is 0 Å². The molecular formula is C18H23FN2O3. The maximum atomic E-state index is 13.2. The average molecular weight is 334 g/mol. The minimum absolute atomic E-state index is 0.168. The first kappa shape index (κ1) is 16.9. The van der Waals surface area contributed by atoms with Gasteiger partial charge in [0, 0.05) is 31.5 Å². The molecule has 0 N–H and O–H groups in total. The number of esters is 1. The Labute approximate surface area is 140 Å². The minimum atomic E-state index is -0.328. The lowest BCUT2D eigenvalue weighted by molar-refractivity contribution is -0.158. The second kappa shape index (κ2) is 7.75. The summed E-state index contributed by atoms with van der Waals surface area (Å²) in [5.74, 6) is -0.571. The third-order valence-corrected chi connectivity index (χ3v) is 4.47. The SMILES string of the molecule is CC(=O)OC(CCCc1noc2cc(F)ccc12)N1CCCCC1. The summed E-state index contributed by atoms with van der Waals surface area (Å²) < 4.78 is 23.9. The topological polar surface area (TPSA) is 55.6 Å². The van der Waals surface area contributed by atoms with Gasteiger partial charge in [-0.25, -0.2) is 4.39 Å². The predicted molar refractivity (Wildman–Crippen MR) is 87.9 cm³/mol. The molecule has 0 aliphatic carbocycles. The van der Waals surface area contributed by atoms with Crippen LogP contribution in [-0.4, -0.2) is 35.3 Å². The Balaban J connectivity index is 1.60. The van der Waals surface area contributed by atoms with Crippen LogP contribution in [0.1, 0.15) is 44.7 Å². The van der Waals surface area contributed by atoms with Crippen LogP contribution in [-0.2, 0) is 16.0 Å². The second-order valence-corrected chi connectivity index (χ2v) is 6.32. The van der Waals surface area contributed by atoms with E-state index in [0.29, 0.717) is 12.0 Å². The van der Waals surface area contributed by atoms with Gasteiger partial charge in [0.05, 0.1) is 5.69 Å². The van der Waals surface area contributed by atoms with Gasteiger partial charge in [-0.2, -0.15) is 0 Å². The van der Waals surface area contributed by atoms with Crippen LogP contribution in [0.2, 0.25) is 0 Å². The minimum Gasteiger partial charge on any atom is -0.447 e. The highest BCUT2D eigenvalue weighted by molar-refractivity contribution is 5.79. The Morgan fingerprint density at radius 1 is 1.38 bits per heavy atom. The summed E-state index contributed by atoms with van der Waals surface area (Å²) in [6, 6.07) is 4.46. The quantitative estimate of drug-likeness (QED) is 0.755. The van der Waals surface area contributed by atoms with E-state index in [1.165, 1.54) is 25.5 Å². The van der Waals surface area contributed by atoms with Crippen molar-refractivity contribution in [2.45, 2.75) is 51.7 Å². The monoisotopic (exact) mass is 334 g/mol. The summed E-state index contributed by atoms with van der Waals surface area (Å²) in [4.78, 5) is 13.6. The molecule has 2 aromatic rings. The van der Waals surface area contributed by atoms with Gasteiger partial charge in [0.15, 0.2) is 11.8 Å². The summed E-state index contributed by atoms with van der Waals surface area (Å²) >= 11 is 0. The van der Waals surface area contributed by atoms with Gasteiger partial charge in [-0.1, -0.05) is 11.6 Å². The number of nitrogens with zero attached hydrogens (tertiary/aromatic N) is 2. The predicted octanol–water partition coefficient (Wildman–Crippen LogP) is 3.66. The van der Waals surface area contributed by atoms with E-state index in [1.807, 2.05) is 0 Å². The number of piperidine rings is 1. The molecule has 0 amide bonds. The summed E-state index contributed by atoms with van der Waals surface area (Å²) in [7, 11) is 0. The lowest BCUT2D eigenvalue weighted by Gasteiger charge is -2.33. The van der Waals surface area contributed by atoms with Crippen LogP contribution in [0.25, 0.3) is 11.0 Å². The summed E-state index contributed by atoms with van der Waals surface area (Å²) in [6.45, 7) is 3.41. The van der Waals surface area contributed by atoms with E-state index in [2.05, 4.69) is 10.1 Å². The molecule has 24 heavy (non-hydrogen) atoms. The van der Waals surface area contributed by atoms with Gasteiger partial charge in [0.2, 0.25) is 0 Å². The highest BCUT2D eigenvalue weighted by Crippen LogP contribution is 2.22. The molecule has 1 aliphatic heterocycles. The van der Waals surface area contributed by atoms with Crippen molar-refractivity contribution in [1.29, 1.82) is 0 Å². The Morgan fingerprint density at radius 2 is 2.17 bits per heavy atom. The van der Waals surface area contributed by atoms with Crippen LogP contribution < -0.4 is 0 Å². The Bertz CT molecular complexity index is 695. The number of aromatic nitrogens is 1. The van der Waals surface area contributed by atoms with Crippen LogP contribution in [0.15, 0.2) is 22.7 Å². The first-order valence-corrected chi connectivity index (χ1v) is 8.58. The van der Waals surface area contributed by atoms with Crippen LogP contribution in [0, 0.1) is 5.82 Å². The Hall–Kier alpha value is -1.95. The van der Waals surface area contributed by atoms with Crippen molar-refractivity contribution in [3.63, 3.8) is 0 Å². The number of aryl methyl sites for hydroxylation is 1. The number of halogens is 1. The van der Waals surface area contributed by atoms with E-state index in [1.54, 1.807) is 6.07 Å². The number of likely N-dealkylation sites (tertiary alicyclic amines) is 1. The maximum Gasteiger partial charge on any atom is 0.304 e. The van der Waals surface area contributed by atoms with Crippen LogP contribution in [0.4, 0.5) is 4.39 Å². The van der Waals surface area contributed by atoms with E-state index in [4.69, 9.17) is 9.26 Å². The van der Waals surface area contributed by atoms with Gasteiger partial charge < -0.3 is 9.26 Å². The first-order valence-electron chi connectivity index (χ1n) is 8.58. The number of hydrogen-bond acceptors (Lipinski definition) is 5. The molecule has 1 aromatic carbocycles. The van der Waals surface area contributed by atoms with Gasteiger partial charge in [0.25, 0.3) is 0 Å². The largest absolute Gasteiger partial charge is 0.447 e. The molecule has 0 bridgehead atoms. The van der Waals surface area contributed by atoms with Crippen molar-refractivity contribution in [2.24, 2.45) is 0 Å². The van der Waals surface area contributed by atoms with E-state index in [0.717, 1.165) is 49.9 Å². The molecule has 6 heteroatoms. The summed E-state index contributed by atoms with van der Waals surface area (Å²) in [6.07, 6.45) is 5.67. The smallest absolute Gasteiger partial charge is 0.304 e. The average Bonchev–Trinajstić information content (AvgIpc) is 2.96. The molecule has 2 heterocycles. The van der Waals surface area contributed by atoms with E-state index in [-0.39, 0.29) is 18.0 Å². The molecule has 1 aliphatic rings. The molecule has 3 rings (SSSR count). The Morgan fingerprint density at radius 3 is 2.92 bits per heavy atom. The lowest BCUT2D eigenvalue weighted by Crippen LogP contribution is -2.41. The fourth-order valence-electron chi connectivity index (χ4n) is 3.30. The van der Waals surface area contributed by atoms with Gasteiger partial charge in [-0.15, -0.1) is 0 Å². The fraction of sp³-hybridized carbons (Fsp3) is 0.556. The number of hydrogen-bond donors (Lipinski definition) is 0. The molecule has 1 aromatic heterocycles. The maximum absolute atomic E-state index is 13.2. The van der Waals surface area contributed by atoms with E-state index in [9.17, 15) is 9.18 Å². The number of carbonyl (C=O) groups excluding carboxylic acids is 1. The molecule has 0 radical (unpaired) electrons. The zero-order valence-electron chi connectivity index (χ0n) is 14.0. The molecule has 1 saturated heterocycles. The number of benzene rings is 1. The molecular weight excluding hydrogens is 311 g/mol. The van der Waals surface area contributed by atoms with Crippen molar-refractivity contribution in [1.82, 2.24) is 10.1 Å². The highest BCUT2D eigenvalue weighted by Gasteiger charge is 2.23. The van der Waals surface area contributed by atoms with Gasteiger partial charge in [-0.05, 0) is 44.2 Å². The molecule has 1 unspecified atom stereocenters. The molecule has 130 valence electrons. The number of rotatable bonds is 6. The third kappa shape index (κ3) is 4.12. The standard InChI is InChI=1S/C18H23FN2O3/c1-13(22)23-18(21-10-3-2-4-11-21)7-5-6-16-15-9-8-14(19)12-17(15)24-20-16/h8-9,12,18H,2-7,10-11H2,1H3. The third-order valence-electron chi connectivity index (χ3n) is 4.47. The van der Waals surface area contributed by atoms with Gasteiger partial charge in [-0.3, -0.25) is 9.69 Å². The van der Waals surface area contributed by atoms with Crippen molar-refractivity contribution >= 4 is 16.9 Å². The Kier molecular flexibility index (Phi) is 5.45. The van der Waals surface area contributed by atoms with Crippen molar-refractivity contribution < 1.29 is 18.4 Å². The van der Waals surface area contributed by atoms with Crippen molar-refractivity contribution in [3.8, 4) is 0 Å². The van der Waals surface area contributed by atoms with Crippen molar-refractivity contribution in [3.05, 3.63) is 29.7 Å². The molecule has 1 atom stereocenters. The first-order chi connectivity index (χ1) is 11.6. The highest BCUT2D eigenvalue weighted by atomic mass is 19.1. The zero-order chi connectivity index (χ0) is 16.9. The van der Waals surface area contributed by atoms with Gasteiger partial charge in [0.1, 0.15) is 5.82 Å². The fourth-order valence-corrected chi connectivity index (χ4v) is 3.30. The number of carbonyl (C=O) groups is 1. The van der Waals surface area contributed by atoms with Crippen LogP contribution in [0.5, 0.6) is 0 Å². The van der Waals surface area contributed by atoms with Crippen molar-refractivity contribution in [2.75, 3.05) is 13.1 Å². The molecule has 0 saturated carbocycles.